The van der Waals surface area contributed by atoms with Crippen LogP contribution in [0.3, 0.4) is 0 Å². The highest BCUT2D eigenvalue weighted by atomic mass is 14.9. The quantitative estimate of drug-likeness (QED) is 0.859. The fourth-order valence-corrected chi connectivity index (χ4v) is 3.56. The van der Waals surface area contributed by atoms with Crippen LogP contribution in [-0.2, 0) is 6.42 Å². The van der Waals surface area contributed by atoms with Crippen molar-refractivity contribution in [1.82, 2.24) is 10.3 Å². The van der Waals surface area contributed by atoms with Gasteiger partial charge in [-0.25, -0.2) is 0 Å². The van der Waals surface area contributed by atoms with Crippen LogP contribution in [0.15, 0.2) is 18.3 Å². The highest BCUT2D eigenvalue weighted by molar-refractivity contribution is 5.27. The van der Waals surface area contributed by atoms with Crippen LogP contribution in [0.4, 0.5) is 0 Å². The van der Waals surface area contributed by atoms with Crippen LogP contribution in [0.2, 0.25) is 0 Å². The molecular formula is C16H26N2. The van der Waals surface area contributed by atoms with E-state index in [0.29, 0.717) is 12.0 Å². The van der Waals surface area contributed by atoms with Gasteiger partial charge in [0.05, 0.1) is 0 Å². The first-order valence-electron chi connectivity index (χ1n) is 7.42. The molecule has 0 amide bonds. The minimum Gasteiger partial charge on any atom is -0.316 e. The van der Waals surface area contributed by atoms with E-state index >= 15 is 0 Å². The zero-order valence-electron chi connectivity index (χ0n) is 11.9. The van der Waals surface area contributed by atoms with E-state index in [1.807, 2.05) is 6.20 Å². The normalized spacial score (nSPS) is 20.8. The summed E-state index contributed by atoms with van der Waals surface area (Å²) in [6.45, 7) is 4.61. The Morgan fingerprint density at radius 1 is 1.39 bits per heavy atom. The van der Waals surface area contributed by atoms with Gasteiger partial charge in [0.2, 0.25) is 0 Å². The van der Waals surface area contributed by atoms with Crippen LogP contribution >= 0.6 is 0 Å². The molecule has 0 saturated carbocycles. The number of fused-ring (bicyclic) bond motifs is 1. The molecule has 1 aliphatic rings. The molecule has 1 aromatic heterocycles. The van der Waals surface area contributed by atoms with Crippen molar-refractivity contribution in [3.8, 4) is 0 Å². The lowest BCUT2D eigenvalue weighted by Gasteiger charge is -2.35. The third-order valence-corrected chi connectivity index (χ3v) is 4.56. The first-order valence-corrected chi connectivity index (χ1v) is 7.42. The molecule has 2 nitrogen and oxygen atoms in total. The number of hydrogen-bond acceptors (Lipinski definition) is 2. The van der Waals surface area contributed by atoms with Gasteiger partial charge >= 0.3 is 0 Å². The lowest BCUT2D eigenvalue weighted by atomic mass is 9.76. The number of nitrogens with one attached hydrogen (secondary N) is 1. The Kier molecular flexibility index (Phi) is 4.76. The molecule has 100 valence electrons. The molecule has 0 aromatic carbocycles. The number of aromatic nitrogens is 1. The lowest BCUT2D eigenvalue weighted by molar-refractivity contribution is 0.283. The first-order chi connectivity index (χ1) is 8.81. The molecule has 0 bridgehead atoms. The van der Waals surface area contributed by atoms with E-state index in [4.69, 9.17) is 0 Å². The topological polar surface area (TPSA) is 24.9 Å². The Morgan fingerprint density at radius 2 is 2.17 bits per heavy atom. The summed E-state index contributed by atoms with van der Waals surface area (Å²) in [5, 5.41) is 3.57. The van der Waals surface area contributed by atoms with E-state index in [-0.39, 0.29) is 0 Å². The second-order valence-corrected chi connectivity index (χ2v) is 5.44. The average molecular weight is 246 g/mol. The average Bonchev–Trinajstić information content (AvgIpc) is 2.44. The van der Waals surface area contributed by atoms with Crippen LogP contribution in [0.5, 0.6) is 0 Å². The molecule has 1 N–H and O–H groups in total. The molecule has 2 unspecified atom stereocenters. The molecule has 0 saturated heterocycles. The number of likely N-dealkylation sites (N-methyl/N-ethyl adjacent to an activating group) is 1. The summed E-state index contributed by atoms with van der Waals surface area (Å²) in [6.07, 6.45) is 8.25. The number of pyridine rings is 1. The fourth-order valence-electron chi connectivity index (χ4n) is 3.56. The number of aryl methyl sites for hydroxylation is 1. The maximum atomic E-state index is 4.68. The van der Waals surface area contributed by atoms with Crippen molar-refractivity contribution in [2.45, 2.75) is 57.9 Å². The zero-order valence-corrected chi connectivity index (χ0v) is 11.9. The standard InChI is InChI=1S/C16H26N2/c1-4-12(5-2)15(17-3)14-10-6-8-13-9-7-11-18-16(13)14/h7,9,11-12,14-15,17H,4-6,8,10H2,1-3H3. The summed E-state index contributed by atoms with van der Waals surface area (Å²) in [5.74, 6) is 1.36. The Hall–Kier alpha value is -0.890. The van der Waals surface area contributed by atoms with Crippen molar-refractivity contribution in [2.75, 3.05) is 7.05 Å². The van der Waals surface area contributed by atoms with Gasteiger partial charge < -0.3 is 5.32 Å². The smallest absolute Gasteiger partial charge is 0.0482 e. The molecule has 0 spiro atoms. The van der Waals surface area contributed by atoms with Gasteiger partial charge in [-0.15, -0.1) is 0 Å². The van der Waals surface area contributed by atoms with Gasteiger partial charge in [0.15, 0.2) is 0 Å². The largest absolute Gasteiger partial charge is 0.316 e. The molecule has 0 fully saturated rings. The van der Waals surface area contributed by atoms with Crippen molar-refractivity contribution in [3.05, 3.63) is 29.6 Å². The van der Waals surface area contributed by atoms with Crippen LogP contribution in [0.25, 0.3) is 0 Å². The summed E-state index contributed by atoms with van der Waals surface area (Å²) in [5.41, 5.74) is 2.83. The molecule has 1 heterocycles. The Morgan fingerprint density at radius 3 is 2.83 bits per heavy atom. The fraction of sp³-hybridized carbons (Fsp3) is 0.688. The van der Waals surface area contributed by atoms with E-state index < -0.39 is 0 Å². The first kappa shape index (κ1) is 13.5. The van der Waals surface area contributed by atoms with Crippen molar-refractivity contribution < 1.29 is 0 Å². The van der Waals surface area contributed by atoms with Crippen LogP contribution in [-0.4, -0.2) is 18.1 Å². The maximum Gasteiger partial charge on any atom is 0.0482 e. The van der Waals surface area contributed by atoms with Gasteiger partial charge in [0.25, 0.3) is 0 Å². The lowest BCUT2D eigenvalue weighted by Crippen LogP contribution is -2.40. The molecule has 1 aliphatic carbocycles. The van der Waals surface area contributed by atoms with Crippen molar-refractivity contribution in [3.63, 3.8) is 0 Å². The second kappa shape index (κ2) is 6.33. The van der Waals surface area contributed by atoms with E-state index in [1.165, 1.54) is 43.4 Å². The van der Waals surface area contributed by atoms with E-state index in [2.05, 4.69) is 43.3 Å². The van der Waals surface area contributed by atoms with E-state index in [1.54, 1.807) is 0 Å². The van der Waals surface area contributed by atoms with Crippen molar-refractivity contribution in [1.29, 1.82) is 0 Å². The van der Waals surface area contributed by atoms with Gasteiger partial charge in [0.1, 0.15) is 0 Å². The summed E-state index contributed by atoms with van der Waals surface area (Å²) < 4.78 is 0. The van der Waals surface area contributed by atoms with Gasteiger partial charge in [0, 0.05) is 23.9 Å². The highest BCUT2D eigenvalue weighted by Gasteiger charge is 2.31. The third-order valence-electron chi connectivity index (χ3n) is 4.56. The molecular weight excluding hydrogens is 220 g/mol. The van der Waals surface area contributed by atoms with Gasteiger partial charge in [-0.05, 0) is 43.9 Å². The van der Waals surface area contributed by atoms with Crippen LogP contribution < -0.4 is 5.32 Å². The van der Waals surface area contributed by atoms with E-state index in [9.17, 15) is 0 Å². The Labute approximate surface area is 111 Å². The van der Waals surface area contributed by atoms with Crippen LogP contribution in [0.1, 0.15) is 56.7 Å². The van der Waals surface area contributed by atoms with Crippen LogP contribution in [0, 0.1) is 5.92 Å². The summed E-state index contributed by atoms with van der Waals surface area (Å²) in [6, 6.07) is 4.91. The van der Waals surface area contributed by atoms with Gasteiger partial charge in [-0.3, -0.25) is 4.98 Å². The van der Waals surface area contributed by atoms with Gasteiger partial charge in [-0.2, -0.15) is 0 Å². The number of hydrogen-bond donors (Lipinski definition) is 1. The molecule has 0 aliphatic heterocycles. The minimum absolute atomic E-state index is 0.578. The zero-order chi connectivity index (χ0) is 13.0. The predicted molar refractivity (Wildman–Crippen MR) is 76.8 cm³/mol. The van der Waals surface area contributed by atoms with Gasteiger partial charge in [-0.1, -0.05) is 32.8 Å². The highest BCUT2D eigenvalue weighted by Crippen LogP contribution is 2.36. The van der Waals surface area contributed by atoms with Crippen molar-refractivity contribution in [2.24, 2.45) is 5.92 Å². The number of nitrogens with zero attached hydrogens (tertiary/aromatic N) is 1. The molecule has 18 heavy (non-hydrogen) atoms. The minimum atomic E-state index is 0.578. The molecule has 2 heteroatoms. The Bertz CT molecular complexity index is 371. The summed E-state index contributed by atoms with van der Waals surface area (Å²) in [4.78, 5) is 4.68. The third kappa shape index (κ3) is 2.59. The predicted octanol–water partition coefficient (Wildman–Crippen LogP) is 3.53. The summed E-state index contributed by atoms with van der Waals surface area (Å²) in [7, 11) is 2.11. The second-order valence-electron chi connectivity index (χ2n) is 5.44. The summed E-state index contributed by atoms with van der Waals surface area (Å²) >= 11 is 0. The molecule has 0 radical (unpaired) electrons. The maximum absolute atomic E-state index is 4.68. The van der Waals surface area contributed by atoms with E-state index in [0.717, 1.165) is 5.92 Å². The molecule has 1 aromatic rings. The monoisotopic (exact) mass is 246 g/mol. The van der Waals surface area contributed by atoms with Crippen molar-refractivity contribution >= 4 is 0 Å². The Balaban J connectivity index is 2.27. The molecule has 2 rings (SSSR count). The SMILES string of the molecule is CCC(CC)C(NC)C1CCCc2cccnc21. The number of rotatable bonds is 5. The molecule has 2 atom stereocenters.